The summed E-state index contributed by atoms with van der Waals surface area (Å²) >= 11 is 1.51. The fraction of sp³-hybridized carbons (Fsp3) is 0.182. The van der Waals surface area contributed by atoms with Gasteiger partial charge in [0, 0.05) is 12.1 Å². The number of thiazole rings is 1. The van der Waals surface area contributed by atoms with Gasteiger partial charge in [-0.3, -0.25) is 4.79 Å². The monoisotopic (exact) mass is 376 g/mol. The van der Waals surface area contributed by atoms with Crippen LogP contribution in [-0.2, 0) is 6.54 Å². The molecule has 136 valence electrons. The molecule has 1 amide bonds. The van der Waals surface area contributed by atoms with Crippen molar-refractivity contribution in [2.24, 2.45) is 4.99 Å². The summed E-state index contributed by atoms with van der Waals surface area (Å²) in [7, 11) is 0. The smallest absolute Gasteiger partial charge is 0.280 e. The van der Waals surface area contributed by atoms with Gasteiger partial charge in [0.2, 0.25) is 0 Å². The molecule has 0 aliphatic heterocycles. The molecule has 27 heavy (non-hydrogen) atoms. The Morgan fingerprint density at radius 2 is 1.81 bits per heavy atom. The third kappa shape index (κ3) is 3.15. The van der Waals surface area contributed by atoms with Crippen LogP contribution in [0.25, 0.3) is 21.0 Å². The summed E-state index contributed by atoms with van der Waals surface area (Å²) < 4.78 is 8.89. The van der Waals surface area contributed by atoms with E-state index in [9.17, 15) is 4.79 Å². The molecule has 0 atom stereocenters. The van der Waals surface area contributed by atoms with E-state index in [-0.39, 0.29) is 5.91 Å². The van der Waals surface area contributed by atoms with Crippen molar-refractivity contribution in [2.45, 2.75) is 20.4 Å². The minimum absolute atomic E-state index is 0.224. The molecule has 0 saturated carbocycles. The second-order valence-corrected chi connectivity index (χ2v) is 7.12. The zero-order chi connectivity index (χ0) is 18.8. The molecule has 0 bridgehead atoms. The predicted molar refractivity (Wildman–Crippen MR) is 110 cm³/mol. The summed E-state index contributed by atoms with van der Waals surface area (Å²) in [5.41, 5.74) is 1.62. The van der Waals surface area contributed by atoms with Crippen LogP contribution in [0, 0.1) is 0 Å². The highest BCUT2D eigenvalue weighted by atomic mass is 32.1. The van der Waals surface area contributed by atoms with E-state index in [0.717, 1.165) is 26.7 Å². The Balaban J connectivity index is 1.90. The SMILES string of the molecule is CCOc1cccc2sc(=NC(=O)c3cccc4ccccc34)n(CC)c12. The van der Waals surface area contributed by atoms with Gasteiger partial charge >= 0.3 is 0 Å². The highest BCUT2D eigenvalue weighted by Crippen LogP contribution is 2.28. The van der Waals surface area contributed by atoms with Crippen molar-refractivity contribution in [3.63, 3.8) is 0 Å². The van der Waals surface area contributed by atoms with Crippen LogP contribution in [0.5, 0.6) is 5.75 Å². The minimum Gasteiger partial charge on any atom is -0.492 e. The molecule has 1 aromatic heterocycles. The van der Waals surface area contributed by atoms with E-state index in [4.69, 9.17) is 4.74 Å². The van der Waals surface area contributed by atoms with Gasteiger partial charge in [0.05, 0.1) is 11.3 Å². The Bertz CT molecular complexity index is 1200. The van der Waals surface area contributed by atoms with E-state index in [2.05, 4.69) is 11.9 Å². The Morgan fingerprint density at radius 3 is 2.63 bits per heavy atom. The predicted octanol–water partition coefficient (Wildman–Crippen LogP) is 5.02. The van der Waals surface area contributed by atoms with Crippen molar-refractivity contribution >= 4 is 38.2 Å². The van der Waals surface area contributed by atoms with Crippen LogP contribution in [0.15, 0.2) is 65.7 Å². The number of benzene rings is 3. The molecule has 4 rings (SSSR count). The van der Waals surface area contributed by atoms with Crippen LogP contribution in [-0.4, -0.2) is 17.1 Å². The molecule has 4 aromatic rings. The molecule has 0 aliphatic rings. The molecular weight excluding hydrogens is 356 g/mol. The first kappa shape index (κ1) is 17.5. The second-order valence-electron chi connectivity index (χ2n) is 6.11. The third-order valence-electron chi connectivity index (χ3n) is 4.50. The number of aromatic nitrogens is 1. The minimum atomic E-state index is -0.224. The van der Waals surface area contributed by atoms with Crippen molar-refractivity contribution in [2.75, 3.05) is 6.61 Å². The average Bonchev–Trinajstić information content (AvgIpc) is 3.05. The van der Waals surface area contributed by atoms with Crippen LogP contribution in [0.3, 0.4) is 0 Å². The standard InChI is InChI=1S/C22H20N2O2S/c1-3-24-20-18(26-4-2)13-8-14-19(20)27-22(24)23-21(25)17-12-7-10-15-9-5-6-11-16(15)17/h5-14H,3-4H2,1-2H3. The molecule has 1 heterocycles. The van der Waals surface area contributed by atoms with Gasteiger partial charge in [0.25, 0.3) is 5.91 Å². The summed E-state index contributed by atoms with van der Waals surface area (Å²) in [6.45, 7) is 5.33. The fourth-order valence-corrected chi connectivity index (χ4v) is 4.42. The van der Waals surface area contributed by atoms with Crippen molar-refractivity contribution in [1.82, 2.24) is 4.57 Å². The Labute approximate surface area is 161 Å². The summed E-state index contributed by atoms with van der Waals surface area (Å²) in [5.74, 6) is 0.602. The Morgan fingerprint density at radius 1 is 1.04 bits per heavy atom. The molecule has 4 nitrogen and oxygen atoms in total. The number of para-hydroxylation sites is 1. The number of fused-ring (bicyclic) bond motifs is 2. The van der Waals surface area contributed by atoms with Gasteiger partial charge in [-0.25, -0.2) is 0 Å². The Kier molecular flexibility index (Phi) is 4.77. The summed E-state index contributed by atoms with van der Waals surface area (Å²) in [6.07, 6.45) is 0. The van der Waals surface area contributed by atoms with Crippen molar-refractivity contribution in [3.8, 4) is 5.75 Å². The highest BCUT2D eigenvalue weighted by molar-refractivity contribution is 7.16. The molecule has 5 heteroatoms. The first-order valence-corrected chi connectivity index (χ1v) is 9.86. The third-order valence-corrected chi connectivity index (χ3v) is 5.54. The van der Waals surface area contributed by atoms with Gasteiger partial charge in [-0.15, -0.1) is 0 Å². The molecule has 0 spiro atoms. The van der Waals surface area contributed by atoms with E-state index >= 15 is 0 Å². The quantitative estimate of drug-likeness (QED) is 0.502. The maximum Gasteiger partial charge on any atom is 0.280 e. The van der Waals surface area contributed by atoms with Gasteiger partial charge in [-0.2, -0.15) is 4.99 Å². The van der Waals surface area contributed by atoms with Gasteiger partial charge in [0.15, 0.2) is 4.80 Å². The van der Waals surface area contributed by atoms with E-state index in [1.807, 2.05) is 72.2 Å². The van der Waals surface area contributed by atoms with Crippen LogP contribution < -0.4 is 9.54 Å². The fourth-order valence-electron chi connectivity index (χ4n) is 3.31. The van der Waals surface area contributed by atoms with Crippen molar-refractivity contribution in [3.05, 3.63) is 71.0 Å². The molecule has 0 N–H and O–H groups in total. The lowest BCUT2D eigenvalue weighted by molar-refractivity contribution is 0.0999. The van der Waals surface area contributed by atoms with Gasteiger partial charge in [-0.1, -0.05) is 53.8 Å². The highest BCUT2D eigenvalue weighted by Gasteiger charge is 2.13. The zero-order valence-electron chi connectivity index (χ0n) is 15.3. The van der Waals surface area contributed by atoms with Crippen molar-refractivity contribution in [1.29, 1.82) is 0 Å². The van der Waals surface area contributed by atoms with E-state index in [1.165, 1.54) is 11.3 Å². The number of ether oxygens (including phenoxy) is 1. The number of hydrogen-bond donors (Lipinski definition) is 0. The van der Waals surface area contributed by atoms with E-state index in [0.29, 0.717) is 23.5 Å². The molecule has 0 aliphatic carbocycles. The topological polar surface area (TPSA) is 43.6 Å². The number of hydrogen-bond acceptors (Lipinski definition) is 3. The van der Waals surface area contributed by atoms with Crippen LogP contribution in [0.2, 0.25) is 0 Å². The number of aryl methyl sites for hydroxylation is 1. The lowest BCUT2D eigenvalue weighted by Crippen LogP contribution is -2.16. The molecule has 3 aromatic carbocycles. The normalized spacial score (nSPS) is 12.0. The van der Waals surface area contributed by atoms with Crippen LogP contribution in [0.4, 0.5) is 0 Å². The van der Waals surface area contributed by atoms with Gasteiger partial charge < -0.3 is 9.30 Å². The summed E-state index contributed by atoms with van der Waals surface area (Å²) in [6, 6.07) is 19.6. The molecule has 0 fully saturated rings. The maximum atomic E-state index is 13.0. The number of rotatable bonds is 4. The van der Waals surface area contributed by atoms with Gasteiger partial charge in [-0.05, 0) is 42.8 Å². The first-order chi connectivity index (χ1) is 13.2. The number of carbonyl (C=O) groups is 1. The lowest BCUT2D eigenvalue weighted by atomic mass is 10.0. The largest absolute Gasteiger partial charge is 0.492 e. The summed E-state index contributed by atoms with van der Waals surface area (Å²) in [5, 5.41) is 1.96. The van der Waals surface area contributed by atoms with Crippen LogP contribution in [0.1, 0.15) is 24.2 Å². The molecule has 0 radical (unpaired) electrons. The van der Waals surface area contributed by atoms with Crippen molar-refractivity contribution < 1.29 is 9.53 Å². The maximum absolute atomic E-state index is 13.0. The molecule has 0 unspecified atom stereocenters. The average molecular weight is 376 g/mol. The van der Waals surface area contributed by atoms with E-state index < -0.39 is 0 Å². The Hall–Kier alpha value is -2.92. The number of nitrogens with zero attached hydrogens (tertiary/aromatic N) is 2. The number of carbonyl (C=O) groups excluding carboxylic acids is 1. The first-order valence-electron chi connectivity index (χ1n) is 9.05. The number of amides is 1. The molecular formula is C22H20N2O2S. The van der Waals surface area contributed by atoms with Gasteiger partial charge in [0.1, 0.15) is 11.3 Å². The van der Waals surface area contributed by atoms with E-state index in [1.54, 1.807) is 0 Å². The summed E-state index contributed by atoms with van der Waals surface area (Å²) in [4.78, 5) is 18.1. The second kappa shape index (κ2) is 7.37. The molecule has 0 saturated heterocycles. The van der Waals surface area contributed by atoms with Crippen LogP contribution >= 0.6 is 11.3 Å². The lowest BCUT2D eigenvalue weighted by Gasteiger charge is -2.07. The zero-order valence-corrected chi connectivity index (χ0v) is 16.1.